The molecule has 1 aliphatic heterocycles. The first-order valence-corrected chi connectivity index (χ1v) is 6.16. The van der Waals surface area contributed by atoms with Gasteiger partial charge in [0.15, 0.2) is 0 Å². The van der Waals surface area contributed by atoms with Gasteiger partial charge in [0.1, 0.15) is 4.90 Å². The topological polar surface area (TPSA) is 71.5 Å². The zero-order valence-corrected chi connectivity index (χ0v) is 9.69. The number of hydrogen-bond donors (Lipinski definition) is 0. The van der Waals surface area contributed by atoms with E-state index in [1.54, 1.807) is 6.07 Å². The van der Waals surface area contributed by atoms with Crippen molar-refractivity contribution >= 4 is 22.3 Å². The van der Waals surface area contributed by atoms with Crippen LogP contribution in [0.4, 0.5) is 0 Å². The number of carbonyl (C=O) groups is 2. The number of fused-ring (bicyclic) bond motifs is 1. The average Bonchev–Trinajstić information content (AvgIpc) is 2.50. The van der Waals surface area contributed by atoms with Crippen molar-refractivity contribution in [2.75, 3.05) is 0 Å². The normalized spacial score (nSPS) is 16.1. The van der Waals surface area contributed by atoms with Crippen molar-refractivity contribution in [1.29, 1.82) is 0 Å². The number of rotatable bonds is 1. The highest BCUT2D eigenvalue weighted by atomic mass is 32.2. The minimum atomic E-state index is -3.93. The predicted octanol–water partition coefficient (Wildman–Crippen LogP) is 1.01. The summed E-state index contributed by atoms with van der Waals surface area (Å²) in [5.74, 6) is -0.796. The van der Waals surface area contributed by atoms with Gasteiger partial charge in [-0.3, -0.25) is 9.59 Å². The first-order chi connectivity index (χ1) is 7.59. The average molecular weight is 241 g/mol. The monoisotopic (exact) mass is 241 g/mol. The first kappa shape index (κ1) is 12.4. The number of carbonyl (C=O) groups excluding carboxylic acids is 2. The van der Waals surface area contributed by atoms with E-state index in [9.17, 15) is 18.0 Å². The summed E-state index contributed by atoms with van der Waals surface area (Å²) in [4.78, 5) is 21.7. The van der Waals surface area contributed by atoms with E-state index in [-0.39, 0.29) is 21.2 Å². The van der Waals surface area contributed by atoms with Crippen molar-refractivity contribution in [1.82, 2.24) is 4.31 Å². The second-order valence-corrected chi connectivity index (χ2v) is 4.49. The highest BCUT2D eigenvalue weighted by molar-refractivity contribution is 7.90. The van der Waals surface area contributed by atoms with Gasteiger partial charge in [-0.2, -0.15) is 4.31 Å². The third-order valence-electron chi connectivity index (χ3n) is 1.95. The molecule has 1 aromatic carbocycles. The lowest BCUT2D eigenvalue weighted by molar-refractivity contribution is -0.112. The van der Waals surface area contributed by atoms with Crippen LogP contribution in [-0.2, 0) is 14.8 Å². The number of benzene rings is 1. The SMILES string of the molecule is CC.O=CN1C(=O)c2ccccc2S1(=O)=O. The maximum atomic E-state index is 11.5. The molecule has 6 heteroatoms. The molecule has 86 valence electrons. The van der Waals surface area contributed by atoms with Gasteiger partial charge in [0.25, 0.3) is 15.9 Å². The fourth-order valence-corrected chi connectivity index (χ4v) is 2.63. The first-order valence-electron chi connectivity index (χ1n) is 4.72. The maximum Gasteiger partial charge on any atom is 0.275 e. The minimum Gasteiger partial charge on any atom is -0.277 e. The largest absolute Gasteiger partial charge is 0.277 e. The number of nitrogens with zero attached hydrogens (tertiary/aromatic N) is 1. The molecule has 0 spiro atoms. The molecule has 0 saturated heterocycles. The summed E-state index contributed by atoms with van der Waals surface area (Å²) in [7, 11) is -3.93. The van der Waals surface area contributed by atoms with Crippen LogP contribution in [0.15, 0.2) is 29.2 Å². The van der Waals surface area contributed by atoms with Gasteiger partial charge in [0.2, 0.25) is 6.41 Å². The third-order valence-corrected chi connectivity index (χ3v) is 3.63. The van der Waals surface area contributed by atoms with Gasteiger partial charge in [-0.15, -0.1) is 0 Å². The Bertz CT molecular complexity index is 521. The Kier molecular flexibility index (Phi) is 3.44. The van der Waals surface area contributed by atoms with Gasteiger partial charge >= 0.3 is 0 Å². The Morgan fingerprint density at radius 2 is 1.75 bits per heavy atom. The van der Waals surface area contributed by atoms with E-state index < -0.39 is 15.9 Å². The quantitative estimate of drug-likeness (QED) is 0.688. The maximum absolute atomic E-state index is 11.5. The van der Waals surface area contributed by atoms with Gasteiger partial charge in [-0.25, -0.2) is 8.42 Å². The lowest BCUT2D eigenvalue weighted by Crippen LogP contribution is -2.28. The standard InChI is InChI=1S/C8H5NO4S.C2H6/c10-5-9-8(11)6-3-1-2-4-7(6)14(9,12)13;1-2/h1-5H;1-2H3. The van der Waals surface area contributed by atoms with E-state index in [0.29, 0.717) is 0 Å². The molecule has 0 radical (unpaired) electrons. The molecule has 1 aliphatic rings. The van der Waals surface area contributed by atoms with Crippen molar-refractivity contribution in [2.45, 2.75) is 18.7 Å². The van der Waals surface area contributed by atoms with Crippen molar-refractivity contribution in [3.63, 3.8) is 0 Å². The Morgan fingerprint density at radius 1 is 1.19 bits per heavy atom. The van der Waals surface area contributed by atoms with Crippen LogP contribution in [0.5, 0.6) is 0 Å². The van der Waals surface area contributed by atoms with Crippen LogP contribution in [0.3, 0.4) is 0 Å². The zero-order chi connectivity index (χ0) is 12.3. The number of sulfonamides is 1. The second-order valence-electron chi connectivity index (χ2n) is 2.71. The van der Waals surface area contributed by atoms with Crippen molar-refractivity contribution in [2.24, 2.45) is 0 Å². The molecule has 0 bridgehead atoms. The number of imide groups is 1. The number of amides is 2. The lowest BCUT2D eigenvalue weighted by Gasteiger charge is -2.03. The van der Waals surface area contributed by atoms with Gasteiger partial charge < -0.3 is 0 Å². The molecule has 0 aromatic heterocycles. The van der Waals surface area contributed by atoms with Crippen molar-refractivity contribution in [3.05, 3.63) is 29.8 Å². The predicted molar refractivity (Wildman–Crippen MR) is 57.2 cm³/mol. The van der Waals surface area contributed by atoms with Gasteiger partial charge in [0, 0.05) is 0 Å². The van der Waals surface area contributed by atoms with Gasteiger partial charge in [-0.1, -0.05) is 26.0 Å². The van der Waals surface area contributed by atoms with Crippen molar-refractivity contribution < 1.29 is 18.0 Å². The van der Waals surface area contributed by atoms with E-state index in [4.69, 9.17) is 0 Å². The molecular weight excluding hydrogens is 230 g/mol. The van der Waals surface area contributed by atoms with Crippen molar-refractivity contribution in [3.8, 4) is 0 Å². The molecule has 0 saturated carbocycles. The minimum absolute atomic E-state index is 0.0116. The molecule has 2 amide bonds. The summed E-state index contributed by atoms with van der Waals surface area (Å²) in [6.07, 6.45) is 0.0116. The molecule has 0 unspecified atom stereocenters. The summed E-state index contributed by atoms with van der Waals surface area (Å²) >= 11 is 0. The van der Waals surface area contributed by atoms with Crippen LogP contribution in [0.1, 0.15) is 24.2 Å². The fourth-order valence-electron chi connectivity index (χ4n) is 1.31. The summed E-state index contributed by atoms with van der Waals surface area (Å²) in [6, 6.07) is 5.71. The highest BCUT2D eigenvalue weighted by Gasteiger charge is 2.40. The van der Waals surface area contributed by atoms with E-state index in [1.807, 2.05) is 13.8 Å². The van der Waals surface area contributed by atoms with Crippen LogP contribution in [-0.4, -0.2) is 25.0 Å². The summed E-state index contributed by atoms with van der Waals surface area (Å²) in [5, 5.41) is 0. The Labute approximate surface area is 93.7 Å². The number of hydrogen-bond acceptors (Lipinski definition) is 4. The Hall–Kier alpha value is -1.69. The fraction of sp³-hybridized carbons (Fsp3) is 0.200. The molecule has 0 fully saturated rings. The Morgan fingerprint density at radius 3 is 2.25 bits per heavy atom. The second kappa shape index (κ2) is 4.44. The highest BCUT2D eigenvalue weighted by Crippen LogP contribution is 2.28. The molecule has 0 atom stereocenters. The van der Waals surface area contributed by atoms with Crippen LogP contribution in [0.25, 0.3) is 0 Å². The smallest absolute Gasteiger partial charge is 0.275 e. The summed E-state index contributed by atoms with van der Waals surface area (Å²) in [6.45, 7) is 4.00. The van der Waals surface area contributed by atoms with Crippen LogP contribution < -0.4 is 0 Å². The van der Waals surface area contributed by atoms with E-state index in [2.05, 4.69) is 0 Å². The molecular formula is C10H11NO4S. The van der Waals surface area contributed by atoms with Crippen LogP contribution in [0.2, 0.25) is 0 Å². The molecule has 0 aliphatic carbocycles. The zero-order valence-electron chi connectivity index (χ0n) is 8.88. The molecule has 5 nitrogen and oxygen atoms in total. The van der Waals surface area contributed by atoms with Gasteiger partial charge in [0.05, 0.1) is 5.56 Å². The van der Waals surface area contributed by atoms with E-state index >= 15 is 0 Å². The molecule has 1 heterocycles. The van der Waals surface area contributed by atoms with E-state index in [0.717, 1.165) is 0 Å². The summed E-state index contributed by atoms with van der Waals surface area (Å²) in [5.41, 5.74) is 0.0413. The molecule has 2 rings (SSSR count). The van der Waals surface area contributed by atoms with Crippen LogP contribution >= 0.6 is 0 Å². The van der Waals surface area contributed by atoms with E-state index in [1.165, 1.54) is 18.2 Å². The Balaban J connectivity index is 0.000000606. The lowest BCUT2D eigenvalue weighted by atomic mass is 10.2. The van der Waals surface area contributed by atoms with Crippen LogP contribution in [0, 0.1) is 0 Å². The summed E-state index contributed by atoms with van der Waals surface area (Å²) < 4.78 is 23.2. The molecule has 16 heavy (non-hydrogen) atoms. The molecule has 0 N–H and O–H groups in total. The third kappa shape index (κ3) is 1.61. The molecule has 1 aromatic rings. The van der Waals surface area contributed by atoms with Gasteiger partial charge in [-0.05, 0) is 12.1 Å².